The normalized spacial score (nSPS) is 22.8. The Morgan fingerprint density at radius 3 is 2.18 bits per heavy atom. The van der Waals surface area contributed by atoms with Crippen LogP contribution in [-0.2, 0) is 9.53 Å². The SMILES string of the molecule is CCCCCOC(=O)CN1CCC(C2CCN(C)CC2)CC1. The van der Waals surface area contributed by atoms with Gasteiger partial charge in [0.05, 0.1) is 13.2 Å². The Morgan fingerprint density at radius 1 is 1.00 bits per heavy atom. The van der Waals surface area contributed by atoms with Crippen LogP contribution in [-0.4, -0.2) is 62.1 Å². The molecule has 0 amide bonds. The molecule has 0 aromatic rings. The summed E-state index contributed by atoms with van der Waals surface area (Å²) in [5, 5.41) is 0. The molecule has 2 saturated heterocycles. The highest BCUT2D eigenvalue weighted by Crippen LogP contribution is 2.32. The number of esters is 1. The van der Waals surface area contributed by atoms with Crippen molar-refractivity contribution in [3.05, 3.63) is 0 Å². The van der Waals surface area contributed by atoms with Crippen molar-refractivity contribution in [1.29, 1.82) is 0 Å². The molecule has 128 valence electrons. The van der Waals surface area contributed by atoms with E-state index in [2.05, 4.69) is 23.8 Å². The molecule has 0 spiro atoms. The Kier molecular flexibility index (Phi) is 7.67. The monoisotopic (exact) mass is 310 g/mol. The van der Waals surface area contributed by atoms with Crippen LogP contribution in [0.4, 0.5) is 0 Å². The maximum absolute atomic E-state index is 11.8. The fraction of sp³-hybridized carbons (Fsp3) is 0.944. The van der Waals surface area contributed by atoms with Crippen LogP contribution in [0.5, 0.6) is 0 Å². The third-order valence-electron chi connectivity index (χ3n) is 5.43. The molecule has 2 fully saturated rings. The molecule has 0 unspecified atom stereocenters. The zero-order valence-electron chi connectivity index (χ0n) is 14.6. The second-order valence-corrected chi connectivity index (χ2v) is 7.18. The summed E-state index contributed by atoms with van der Waals surface area (Å²) >= 11 is 0. The van der Waals surface area contributed by atoms with Crippen molar-refractivity contribution in [3.8, 4) is 0 Å². The van der Waals surface area contributed by atoms with Crippen molar-refractivity contribution in [2.24, 2.45) is 11.8 Å². The first kappa shape index (κ1) is 17.7. The van der Waals surface area contributed by atoms with Crippen molar-refractivity contribution in [2.75, 3.05) is 46.4 Å². The summed E-state index contributed by atoms with van der Waals surface area (Å²) in [6.45, 7) is 7.91. The molecule has 0 atom stereocenters. The predicted octanol–water partition coefficient (Wildman–Crippen LogP) is 2.77. The van der Waals surface area contributed by atoms with Crippen LogP contribution in [0, 0.1) is 11.8 Å². The number of hydrogen-bond acceptors (Lipinski definition) is 4. The second kappa shape index (κ2) is 9.51. The van der Waals surface area contributed by atoms with Gasteiger partial charge in [-0.25, -0.2) is 0 Å². The van der Waals surface area contributed by atoms with E-state index in [-0.39, 0.29) is 5.97 Å². The van der Waals surface area contributed by atoms with Crippen molar-refractivity contribution >= 4 is 5.97 Å². The molecule has 0 aromatic heterocycles. The fourth-order valence-electron chi connectivity index (χ4n) is 3.85. The highest BCUT2D eigenvalue weighted by Gasteiger charge is 2.29. The minimum Gasteiger partial charge on any atom is -0.465 e. The van der Waals surface area contributed by atoms with Gasteiger partial charge in [-0.15, -0.1) is 0 Å². The summed E-state index contributed by atoms with van der Waals surface area (Å²) in [5.74, 6) is 1.76. The molecule has 2 rings (SSSR count). The van der Waals surface area contributed by atoms with E-state index < -0.39 is 0 Å². The van der Waals surface area contributed by atoms with Gasteiger partial charge in [-0.05, 0) is 77.2 Å². The number of nitrogens with zero attached hydrogens (tertiary/aromatic N) is 2. The molecule has 0 aliphatic carbocycles. The smallest absolute Gasteiger partial charge is 0.320 e. The average Bonchev–Trinajstić information content (AvgIpc) is 2.53. The number of rotatable bonds is 7. The zero-order chi connectivity index (χ0) is 15.8. The van der Waals surface area contributed by atoms with Crippen LogP contribution >= 0.6 is 0 Å². The highest BCUT2D eigenvalue weighted by molar-refractivity contribution is 5.71. The molecular weight excluding hydrogens is 276 g/mol. The van der Waals surface area contributed by atoms with Crippen LogP contribution in [0.2, 0.25) is 0 Å². The van der Waals surface area contributed by atoms with Gasteiger partial charge in [0.25, 0.3) is 0 Å². The van der Waals surface area contributed by atoms with Crippen LogP contribution < -0.4 is 0 Å². The third kappa shape index (κ3) is 5.88. The molecule has 2 aliphatic heterocycles. The predicted molar refractivity (Wildman–Crippen MR) is 89.9 cm³/mol. The van der Waals surface area contributed by atoms with Gasteiger partial charge in [0.1, 0.15) is 0 Å². The molecule has 4 nitrogen and oxygen atoms in total. The summed E-state index contributed by atoms with van der Waals surface area (Å²) in [4.78, 5) is 16.6. The van der Waals surface area contributed by atoms with Crippen LogP contribution in [0.15, 0.2) is 0 Å². The number of piperidine rings is 2. The minimum atomic E-state index is -0.0335. The lowest BCUT2D eigenvalue weighted by atomic mass is 9.79. The number of likely N-dealkylation sites (tertiary alicyclic amines) is 2. The Labute approximate surface area is 136 Å². The molecule has 0 N–H and O–H groups in total. The van der Waals surface area contributed by atoms with Crippen LogP contribution in [0.1, 0.15) is 51.9 Å². The van der Waals surface area contributed by atoms with Crippen molar-refractivity contribution < 1.29 is 9.53 Å². The van der Waals surface area contributed by atoms with Gasteiger partial charge in [0.15, 0.2) is 0 Å². The molecule has 2 heterocycles. The Bertz CT molecular complexity index is 319. The molecular formula is C18H34N2O2. The Hall–Kier alpha value is -0.610. The number of hydrogen-bond donors (Lipinski definition) is 0. The highest BCUT2D eigenvalue weighted by atomic mass is 16.5. The molecule has 0 saturated carbocycles. The lowest BCUT2D eigenvalue weighted by molar-refractivity contribution is -0.145. The van der Waals surface area contributed by atoms with Gasteiger partial charge >= 0.3 is 5.97 Å². The van der Waals surface area contributed by atoms with E-state index >= 15 is 0 Å². The standard InChI is InChI=1S/C18H34N2O2/c1-3-4-5-14-22-18(21)15-20-12-8-17(9-13-20)16-6-10-19(2)11-7-16/h16-17H,3-15H2,1-2H3. The van der Waals surface area contributed by atoms with E-state index in [1.807, 2.05) is 0 Å². The van der Waals surface area contributed by atoms with Crippen molar-refractivity contribution in [2.45, 2.75) is 51.9 Å². The van der Waals surface area contributed by atoms with Gasteiger partial charge in [-0.2, -0.15) is 0 Å². The first-order chi connectivity index (χ1) is 10.7. The molecule has 0 bridgehead atoms. The van der Waals surface area contributed by atoms with Crippen molar-refractivity contribution in [3.63, 3.8) is 0 Å². The molecule has 0 radical (unpaired) electrons. The second-order valence-electron chi connectivity index (χ2n) is 7.18. The topological polar surface area (TPSA) is 32.8 Å². The van der Waals surface area contributed by atoms with E-state index in [0.717, 1.165) is 37.8 Å². The van der Waals surface area contributed by atoms with Gasteiger partial charge in [0.2, 0.25) is 0 Å². The average molecular weight is 310 g/mol. The molecule has 22 heavy (non-hydrogen) atoms. The van der Waals surface area contributed by atoms with E-state index in [0.29, 0.717) is 13.2 Å². The van der Waals surface area contributed by atoms with E-state index in [1.165, 1.54) is 45.2 Å². The van der Waals surface area contributed by atoms with Crippen LogP contribution in [0.3, 0.4) is 0 Å². The fourth-order valence-corrected chi connectivity index (χ4v) is 3.85. The molecule has 4 heteroatoms. The number of carbonyl (C=O) groups excluding carboxylic acids is 1. The summed E-state index contributed by atoms with van der Waals surface area (Å²) in [5.41, 5.74) is 0. The summed E-state index contributed by atoms with van der Waals surface area (Å²) in [7, 11) is 2.23. The molecule has 2 aliphatic rings. The number of ether oxygens (including phenoxy) is 1. The van der Waals surface area contributed by atoms with Gasteiger partial charge in [-0.1, -0.05) is 19.8 Å². The zero-order valence-corrected chi connectivity index (χ0v) is 14.6. The Morgan fingerprint density at radius 2 is 1.59 bits per heavy atom. The van der Waals surface area contributed by atoms with Crippen molar-refractivity contribution in [1.82, 2.24) is 9.80 Å². The number of unbranched alkanes of at least 4 members (excludes halogenated alkanes) is 2. The maximum atomic E-state index is 11.8. The minimum absolute atomic E-state index is 0.0335. The van der Waals surface area contributed by atoms with E-state index in [9.17, 15) is 4.79 Å². The molecule has 0 aromatic carbocycles. The largest absolute Gasteiger partial charge is 0.465 e. The Balaban J connectivity index is 1.59. The maximum Gasteiger partial charge on any atom is 0.320 e. The summed E-state index contributed by atoms with van der Waals surface area (Å²) < 4.78 is 5.32. The van der Waals surface area contributed by atoms with Crippen LogP contribution in [0.25, 0.3) is 0 Å². The van der Waals surface area contributed by atoms with Gasteiger partial charge < -0.3 is 9.64 Å². The summed E-state index contributed by atoms with van der Waals surface area (Å²) in [6.07, 6.45) is 8.56. The summed E-state index contributed by atoms with van der Waals surface area (Å²) in [6, 6.07) is 0. The first-order valence-electron chi connectivity index (χ1n) is 9.25. The lowest BCUT2D eigenvalue weighted by Gasteiger charge is -2.39. The van der Waals surface area contributed by atoms with Gasteiger partial charge in [0, 0.05) is 0 Å². The van der Waals surface area contributed by atoms with Gasteiger partial charge in [-0.3, -0.25) is 9.69 Å². The quantitative estimate of drug-likeness (QED) is 0.535. The van der Waals surface area contributed by atoms with E-state index in [1.54, 1.807) is 0 Å². The lowest BCUT2D eigenvalue weighted by Crippen LogP contribution is -2.41. The first-order valence-corrected chi connectivity index (χ1v) is 9.25. The third-order valence-corrected chi connectivity index (χ3v) is 5.43. The van der Waals surface area contributed by atoms with E-state index in [4.69, 9.17) is 4.74 Å². The number of carbonyl (C=O) groups is 1.